The minimum absolute atomic E-state index is 0.636. The fraction of sp³-hybridized carbons (Fsp3) is 0.232. The molecule has 0 N–H and O–H groups in total. The summed E-state index contributed by atoms with van der Waals surface area (Å²) in [5, 5.41) is 51.5. The summed E-state index contributed by atoms with van der Waals surface area (Å²) in [6.07, 6.45) is 6.62. The predicted octanol–water partition coefficient (Wildman–Crippen LogP) is 29.2. The Hall–Kier alpha value is -14.9. The molecular formula is C125H122N8O4Si3+4. The Kier molecular flexibility index (Phi) is 25.7. The van der Waals surface area contributed by atoms with E-state index in [-0.39, 0.29) is 0 Å². The van der Waals surface area contributed by atoms with E-state index in [1.165, 1.54) is 126 Å². The minimum Gasteiger partial charge on any atom is -0.454 e. The lowest BCUT2D eigenvalue weighted by Crippen LogP contribution is -2.49. The summed E-state index contributed by atoms with van der Waals surface area (Å²) in [6.45, 7) is 43.6. The molecule has 15 heteroatoms. The monoisotopic (exact) mass is 1880 g/mol. The zero-order chi connectivity index (χ0) is 99.1. The highest BCUT2D eigenvalue weighted by atomic mass is 28.3. The van der Waals surface area contributed by atoms with Crippen molar-refractivity contribution in [3.63, 3.8) is 0 Å². The molecule has 1 aliphatic carbocycles. The Morgan fingerprint density at radius 3 is 0.914 bits per heavy atom. The SMILES string of the molecule is Cc1cc(-c2c(C)ccc3c2oc2c(-c4ccccc4)cc(C#N)cc23)[n+](C)c(C)c1C1CCCCC1.Cc1ccc2c(oc3c(-c4ccccc4)cc(C#N)cc32)c1-c1cc([Si](C)(C)C)c(C)c(C)[n+]1C.Cc1ccc2c(oc3c(-c4ccccc4)cc(C#N)cc32)c1-c1cc([Si](C)(C)C)cc(C)[n+]1C.Cc1ccc2c(oc3c(-c4ccccc4)cc(C#N)cc32)c1-c1ccc([Si](C)(C)C)c(C)[n+]1C. The maximum absolute atomic E-state index is 9.80. The summed E-state index contributed by atoms with van der Waals surface area (Å²) in [5.74, 6) is 0.662. The molecule has 12 nitrogen and oxygen atoms in total. The van der Waals surface area contributed by atoms with E-state index >= 15 is 0 Å². The number of fused-ring (bicyclic) bond motifs is 12. The number of aromatic nitrogens is 4. The van der Waals surface area contributed by atoms with Gasteiger partial charge in [-0.25, -0.2) is 0 Å². The van der Waals surface area contributed by atoms with Crippen LogP contribution in [-0.2, 0) is 28.2 Å². The van der Waals surface area contributed by atoms with E-state index in [4.69, 9.17) is 17.7 Å². The molecular weight excluding hydrogens is 1760 g/mol. The van der Waals surface area contributed by atoms with Crippen LogP contribution in [0.4, 0.5) is 0 Å². The van der Waals surface area contributed by atoms with Crippen molar-refractivity contribution in [3.8, 4) is 114 Å². The molecule has 140 heavy (non-hydrogen) atoms. The van der Waals surface area contributed by atoms with Crippen molar-refractivity contribution in [1.29, 1.82) is 21.0 Å². The lowest BCUT2D eigenvalue weighted by atomic mass is 9.81. The Bertz CT molecular complexity index is 8600. The smallest absolute Gasteiger partial charge is 0.216 e. The number of pyridine rings is 4. The van der Waals surface area contributed by atoms with Gasteiger partial charge in [0.1, 0.15) is 72.9 Å². The van der Waals surface area contributed by atoms with Crippen LogP contribution in [0.2, 0.25) is 58.9 Å². The zero-order valence-corrected chi connectivity index (χ0v) is 88.1. The first-order chi connectivity index (χ1) is 67.0. The molecule has 0 aliphatic heterocycles. The topological polar surface area (TPSA) is 163 Å². The number of rotatable bonds is 12. The first-order valence-electron chi connectivity index (χ1n) is 48.8. The highest BCUT2D eigenvalue weighted by Crippen LogP contribution is 2.49. The molecule has 1 aliphatic rings. The lowest BCUT2D eigenvalue weighted by Gasteiger charge is -2.24. The first kappa shape index (κ1) is 95.4. The van der Waals surface area contributed by atoms with E-state index in [0.29, 0.717) is 28.2 Å². The third-order valence-electron chi connectivity index (χ3n) is 29.5. The molecule has 0 bridgehead atoms. The molecule has 0 radical (unpaired) electrons. The maximum atomic E-state index is 9.80. The second kappa shape index (κ2) is 37.8. The summed E-state index contributed by atoms with van der Waals surface area (Å²) in [4.78, 5) is 0. The van der Waals surface area contributed by atoms with E-state index in [2.05, 4.69) is 332 Å². The molecule has 0 amide bonds. The number of benzene rings is 12. The summed E-state index contributed by atoms with van der Waals surface area (Å²) < 4.78 is 36.1. The van der Waals surface area contributed by atoms with Crippen molar-refractivity contribution in [2.45, 2.75) is 166 Å². The van der Waals surface area contributed by atoms with Crippen LogP contribution < -0.4 is 33.8 Å². The maximum Gasteiger partial charge on any atom is 0.216 e. The van der Waals surface area contributed by atoms with Crippen LogP contribution in [0.1, 0.15) is 122 Å². The van der Waals surface area contributed by atoms with E-state index in [1.807, 2.05) is 121 Å². The highest BCUT2D eigenvalue weighted by molar-refractivity contribution is 6.90. The summed E-state index contributed by atoms with van der Waals surface area (Å²) in [5.41, 5.74) is 40.7. The van der Waals surface area contributed by atoms with Crippen molar-refractivity contribution in [3.05, 3.63) is 339 Å². The molecule has 12 aromatic carbocycles. The van der Waals surface area contributed by atoms with Gasteiger partial charge in [-0.2, -0.15) is 39.3 Å². The number of hydrogen-bond donors (Lipinski definition) is 0. The fourth-order valence-corrected chi connectivity index (χ4v) is 26.5. The molecule has 0 unspecified atom stereocenters. The van der Waals surface area contributed by atoms with Gasteiger partial charge in [0.25, 0.3) is 0 Å². The molecule has 0 spiro atoms. The number of aryl methyl sites for hydroxylation is 6. The van der Waals surface area contributed by atoms with Crippen LogP contribution in [0.3, 0.4) is 0 Å². The largest absolute Gasteiger partial charge is 0.454 e. The molecule has 1 saturated carbocycles. The van der Waals surface area contributed by atoms with Gasteiger partial charge < -0.3 is 17.7 Å². The zero-order valence-electron chi connectivity index (χ0n) is 85.1. The molecule has 694 valence electrons. The van der Waals surface area contributed by atoms with Crippen molar-refractivity contribution in [2.24, 2.45) is 28.2 Å². The van der Waals surface area contributed by atoms with E-state index in [1.54, 1.807) is 0 Å². The van der Waals surface area contributed by atoms with Gasteiger partial charge in [0.15, 0.2) is 22.8 Å². The van der Waals surface area contributed by atoms with E-state index < -0.39 is 24.2 Å². The average Bonchev–Trinajstić information content (AvgIpc) is 1.54. The average molecular weight is 1880 g/mol. The van der Waals surface area contributed by atoms with Crippen LogP contribution >= 0.6 is 0 Å². The molecule has 21 rings (SSSR count). The van der Waals surface area contributed by atoms with Gasteiger partial charge in [0, 0.05) is 140 Å². The van der Waals surface area contributed by atoms with Gasteiger partial charge in [-0.3, -0.25) is 0 Å². The van der Waals surface area contributed by atoms with Crippen molar-refractivity contribution in [2.75, 3.05) is 0 Å². The summed E-state index contributed by atoms with van der Waals surface area (Å²) in [6, 6.07) is 96.9. The third-order valence-corrected chi connectivity index (χ3v) is 35.8. The number of nitriles is 4. The van der Waals surface area contributed by atoms with Crippen LogP contribution in [0.15, 0.2) is 272 Å². The van der Waals surface area contributed by atoms with Crippen LogP contribution in [0.5, 0.6) is 0 Å². The number of nitrogens with zero attached hydrogens (tertiary/aromatic N) is 8. The summed E-state index contributed by atoms with van der Waals surface area (Å²) >= 11 is 0. The van der Waals surface area contributed by atoms with Gasteiger partial charge in [0.05, 0.1) is 93.0 Å². The van der Waals surface area contributed by atoms with Crippen molar-refractivity contribution >= 4 is 128 Å². The summed E-state index contributed by atoms with van der Waals surface area (Å²) in [7, 11) is 4.09. The van der Waals surface area contributed by atoms with Gasteiger partial charge in [-0.15, -0.1) is 0 Å². The highest BCUT2D eigenvalue weighted by Gasteiger charge is 2.36. The Morgan fingerprint density at radius 2 is 0.586 bits per heavy atom. The van der Waals surface area contributed by atoms with Gasteiger partial charge in [-0.05, 0) is 169 Å². The Labute approximate surface area is 825 Å². The minimum atomic E-state index is -1.56. The molecule has 0 atom stereocenters. The second-order valence-corrected chi connectivity index (χ2v) is 56.8. The van der Waals surface area contributed by atoms with Crippen molar-refractivity contribution < 1.29 is 35.9 Å². The Morgan fingerprint density at radius 1 is 0.271 bits per heavy atom. The molecule has 20 aromatic rings. The fourth-order valence-electron chi connectivity index (χ4n) is 21.6. The second-order valence-electron chi connectivity index (χ2n) is 41.6. The Balaban J connectivity index is 0.000000124. The first-order valence-corrected chi connectivity index (χ1v) is 59.3. The van der Waals surface area contributed by atoms with Crippen LogP contribution in [0, 0.1) is 115 Å². The standard InChI is InChI=1S/C34H33N2O.C31H31N2OSi.2C30H29N2OSi/c1-21-15-16-27-29-19-24(20-35)18-28(25-11-7-5-8-12-25)33(29)37-34(27)32(21)30-17-22(2)31(23(3)36(30)4)26-13-9-6-10-14-26;1-19-13-14-24-26-16-22(18-32)15-25(23-11-9-8-10-12-23)30(26)34-31(24)29(19)27-17-28(35(5,6)7)20(2)21(3)33(27)4;1-19-12-13-24-26-16-21(18-31)15-25(22-10-8-7-9-11-22)29(26)33-30(24)28(19)27-17-23(34(4,5)6)14-20(2)32(27)3;1-19-12-13-23-25-17-21(18-31)16-24(22-10-8-7-9-11-22)29(25)33-30(23)28(19)26-14-15-27(34(4,5)6)20(2)32(26)3/h5,7-8,11-12,15-19,26H,6,9-10,13-14H2,1-4H3;8-17H,1-7H3;2*7-17H,1-6H3/q4*+1. The van der Waals surface area contributed by atoms with Gasteiger partial charge in [-0.1, -0.05) is 254 Å². The molecule has 1 fully saturated rings. The van der Waals surface area contributed by atoms with E-state index in [9.17, 15) is 21.0 Å². The quantitative estimate of drug-likeness (QED) is 0.0862. The molecule has 8 aromatic heterocycles. The molecule has 8 heterocycles. The number of hydrogen-bond acceptors (Lipinski definition) is 8. The van der Waals surface area contributed by atoms with Crippen LogP contribution in [-0.4, -0.2) is 24.2 Å². The number of furan rings is 4. The van der Waals surface area contributed by atoms with Crippen molar-refractivity contribution in [1.82, 2.24) is 0 Å². The molecule has 0 saturated heterocycles. The van der Waals surface area contributed by atoms with Crippen LogP contribution in [0.25, 0.3) is 177 Å². The van der Waals surface area contributed by atoms with Gasteiger partial charge >= 0.3 is 0 Å². The third kappa shape index (κ3) is 17.5. The van der Waals surface area contributed by atoms with E-state index in [0.717, 1.165) is 160 Å². The van der Waals surface area contributed by atoms with Gasteiger partial charge in [0.2, 0.25) is 22.8 Å². The normalized spacial score (nSPS) is 12.5. The lowest BCUT2D eigenvalue weighted by molar-refractivity contribution is -0.667. The predicted molar refractivity (Wildman–Crippen MR) is 584 cm³/mol.